The van der Waals surface area contributed by atoms with Crippen molar-refractivity contribution in [3.8, 4) is 0 Å². The molecule has 0 aliphatic carbocycles. The van der Waals surface area contributed by atoms with E-state index in [2.05, 4.69) is 0 Å². The van der Waals surface area contributed by atoms with E-state index in [0.717, 1.165) is 0 Å². The van der Waals surface area contributed by atoms with E-state index >= 15 is 0 Å². The Bertz CT molecular complexity index is 153. The van der Waals surface area contributed by atoms with E-state index < -0.39 is 18.1 Å². The van der Waals surface area contributed by atoms with Crippen LogP contribution in [0, 0.1) is 0 Å². The third-order valence-electron chi connectivity index (χ3n) is 1.81. The molecule has 2 N–H and O–H groups in total. The van der Waals surface area contributed by atoms with Gasteiger partial charge in [-0.1, -0.05) is 0 Å². The van der Waals surface area contributed by atoms with Gasteiger partial charge in [-0.05, 0) is 7.05 Å². The average molecular weight is 182 g/mol. The van der Waals surface area contributed by atoms with Gasteiger partial charge in [-0.25, -0.2) is 0 Å². The van der Waals surface area contributed by atoms with Gasteiger partial charge in [-0.3, -0.25) is 9.69 Å². The Morgan fingerprint density at radius 3 is 2.36 bits per heavy atom. The summed E-state index contributed by atoms with van der Waals surface area (Å²) in [6, 6.07) is -0.491. The van der Waals surface area contributed by atoms with Crippen molar-refractivity contribution in [2.75, 3.05) is 13.6 Å². The number of aliphatic carboxylic acids is 1. The van der Waals surface area contributed by atoms with E-state index in [1.54, 1.807) is 11.9 Å². The van der Waals surface area contributed by atoms with E-state index in [4.69, 9.17) is 10.2 Å². The quantitative estimate of drug-likeness (QED) is 0.576. The fourth-order valence-corrected chi connectivity index (χ4v) is 1.26. The lowest BCUT2D eigenvalue weighted by Crippen LogP contribution is -2.32. The van der Waals surface area contributed by atoms with Gasteiger partial charge in [0.05, 0.1) is 6.10 Å². The molecular weight excluding hydrogens is 170 g/mol. The van der Waals surface area contributed by atoms with Crippen LogP contribution in [0.1, 0.15) is 6.42 Å². The molecule has 1 saturated heterocycles. The van der Waals surface area contributed by atoms with Crippen molar-refractivity contribution < 1.29 is 15.0 Å². The number of nitrogens with zero attached hydrogens (tertiary/aromatic N) is 1. The Kier molecular flexibility index (Phi) is 3.78. The molecule has 1 rings (SSSR count). The molecule has 4 nitrogen and oxygen atoms in total. The first-order valence-electron chi connectivity index (χ1n) is 3.22. The number of hydrogen-bond acceptors (Lipinski definition) is 3. The summed E-state index contributed by atoms with van der Waals surface area (Å²) in [5.74, 6) is -0.848. The van der Waals surface area contributed by atoms with Gasteiger partial charge < -0.3 is 10.2 Å². The number of β-amino-alcohol motifs (C(OH)–C–C–N with tert-alkyl or cyclic N) is 1. The Labute approximate surface area is 71.2 Å². The minimum Gasteiger partial charge on any atom is -0.480 e. The summed E-state index contributed by atoms with van der Waals surface area (Å²) in [6.45, 7) is 0.469. The summed E-state index contributed by atoms with van der Waals surface area (Å²) in [4.78, 5) is 12.1. The van der Waals surface area contributed by atoms with Gasteiger partial charge in [0.25, 0.3) is 0 Å². The monoisotopic (exact) mass is 181 g/mol. The normalized spacial score (nSPS) is 31.5. The zero-order valence-electron chi connectivity index (χ0n) is 6.23. The third kappa shape index (κ3) is 2.32. The van der Waals surface area contributed by atoms with Crippen LogP contribution < -0.4 is 0 Å². The number of likely N-dealkylation sites (N-methyl/N-ethyl adjacent to an activating group) is 1. The molecule has 0 saturated carbocycles. The lowest BCUT2D eigenvalue weighted by molar-refractivity contribution is -0.141. The van der Waals surface area contributed by atoms with Crippen molar-refractivity contribution in [2.45, 2.75) is 18.6 Å². The van der Waals surface area contributed by atoms with Crippen LogP contribution >= 0.6 is 12.4 Å². The van der Waals surface area contributed by atoms with E-state index in [1.807, 2.05) is 0 Å². The molecule has 66 valence electrons. The second kappa shape index (κ2) is 3.90. The van der Waals surface area contributed by atoms with Gasteiger partial charge in [-0.15, -0.1) is 12.4 Å². The van der Waals surface area contributed by atoms with Crippen molar-refractivity contribution in [3.63, 3.8) is 0 Å². The molecule has 0 aromatic rings. The SMILES string of the molecule is CN1CC(O)CC1C(=O)O.Cl. The third-order valence-corrected chi connectivity index (χ3v) is 1.81. The average Bonchev–Trinajstić information content (AvgIpc) is 2.10. The second-order valence-electron chi connectivity index (χ2n) is 2.68. The number of hydrogen-bond donors (Lipinski definition) is 2. The number of carboxylic acids is 1. The maximum absolute atomic E-state index is 10.4. The molecule has 11 heavy (non-hydrogen) atoms. The molecule has 0 spiro atoms. The largest absolute Gasteiger partial charge is 0.480 e. The smallest absolute Gasteiger partial charge is 0.321 e. The number of halogens is 1. The van der Waals surface area contributed by atoms with Crippen molar-refractivity contribution >= 4 is 18.4 Å². The molecule has 0 bridgehead atoms. The van der Waals surface area contributed by atoms with Gasteiger partial charge in [0.1, 0.15) is 6.04 Å². The van der Waals surface area contributed by atoms with Crippen molar-refractivity contribution in [3.05, 3.63) is 0 Å². The number of carboxylic acid groups (broad SMARTS) is 1. The van der Waals surface area contributed by atoms with Gasteiger partial charge >= 0.3 is 5.97 Å². The van der Waals surface area contributed by atoms with Crippen molar-refractivity contribution in [1.82, 2.24) is 4.90 Å². The maximum Gasteiger partial charge on any atom is 0.321 e. The molecule has 2 atom stereocenters. The van der Waals surface area contributed by atoms with Crippen molar-refractivity contribution in [2.24, 2.45) is 0 Å². The first-order valence-corrected chi connectivity index (χ1v) is 3.22. The Morgan fingerprint density at radius 2 is 2.18 bits per heavy atom. The number of carbonyl (C=O) groups is 1. The molecule has 1 fully saturated rings. The van der Waals surface area contributed by atoms with E-state index in [1.165, 1.54) is 0 Å². The lowest BCUT2D eigenvalue weighted by Gasteiger charge is -2.12. The predicted molar refractivity (Wildman–Crippen MR) is 41.9 cm³/mol. The molecular formula is C6H12ClNO3. The van der Waals surface area contributed by atoms with E-state index in [0.29, 0.717) is 13.0 Å². The van der Waals surface area contributed by atoms with Gasteiger partial charge in [0.15, 0.2) is 0 Å². The molecule has 2 unspecified atom stereocenters. The highest BCUT2D eigenvalue weighted by Crippen LogP contribution is 2.14. The topological polar surface area (TPSA) is 60.8 Å². The van der Waals surface area contributed by atoms with Crippen LogP contribution in [0.2, 0.25) is 0 Å². The van der Waals surface area contributed by atoms with Gasteiger partial charge in [0, 0.05) is 13.0 Å². The second-order valence-corrected chi connectivity index (χ2v) is 2.68. The Morgan fingerprint density at radius 1 is 1.64 bits per heavy atom. The fourth-order valence-electron chi connectivity index (χ4n) is 1.26. The standard InChI is InChI=1S/C6H11NO3.ClH/c1-7-3-4(8)2-5(7)6(9)10;/h4-5,8H,2-3H2,1H3,(H,9,10);1H. The summed E-state index contributed by atoms with van der Waals surface area (Å²) in [5, 5.41) is 17.6. The van der Waals surface area contributed by atoms with E-state index in [-0.39, 0.29) is 12.4 Å². The first-order chi connectivity index (χ1) is 4.61. The van der Waals surface area contributed by atoms with Crippen LogP contribution in [-0.2, 0) is 4.79 Å². The fraction of sp³-hybridized carbons (Fsp3) is 0.833. The van der Waals surface area contributed by atoms with Gasteiger partial charge in [-0.2, -0.15) is 0 Å². The summed E-state index contributed by atoms with van der Waals surface area (Å²) in [7, 11) is 1.70. The highest BCUT2D eigenvalue weighted by molar-refractivity contribution is 5.85. The number of rotatable bonds is 1. The molecule has 1 aliphatic heterocycles. The van der Waals surface area contributed by atoms with Crippen LogP contribution in [0.15, 0.2) is 0 Å². The molecule has 1 aliphatic rings. The summed E-state index contributed by atoms with van der Waals surface area (Å²) in [6.07, 6.45) is -0.114. The Hall–Kier alpha value is -0.320. The van der Waals surface area contributed by atoms with Crippen LogP contribution in [0.4, 0.5) is 0 Å². The molecule has 5 heteroatoms. The summed E-state index contributed by atoms with van der Waals surface area (Å²) in [5.41, 5.74) is 0. The molecule has 0 aromatic carbocycles. The minimum atomic E-state index is -0.848. The minimum absolute atomic E-state index is 0. The van der Waals surface area contributed by atoms with Crippen LogP contribution in [-0.4, -0.2) is 46.8 Å². The van der Waals surface area contributed by atoms with E-state index in [9.17, 15) is 4.79 Å². The molecule has 0 amide bonds. The zero-order valence-corrected chi connectivity index (χ0v) is 7.04. The molecule has 1 heterocycles. The highest BCUT2D eigenvalue weighted by Gasteiger charge is 2.32. The molecule has 0 aromatic heterocycles. The van der Waals surface area contributed by atoms with Crippen LogP contribution in [0.5, 0.6) is 0 Å². The molecule has 0 radical (unpaired) electrons. The number of aliphatic hydroxyl groups excluding tert-OH is 1. The zero-order chi connectivity index (χ0) is 7.72. The van der Waals surface area contributed by atoms with Gasteiger partial charge in [0.2, 0.25) is 0 Å². The number of likely N-dealkylation sites (tertiary alicyclic amines) is 1. The lowest BCUT2D eigenvalue weighted by atomic mass is 10.2. The highest BCUT2D eigenvalue weighted by atomic mass is 35.5. The Balaban J connectivity index is 0.000001000. The maximum atomic E-state index is 10.4. The van der Waals surface area contributed by atoms with Crippen molar-refractivity contribution in [1.29, 1.82) is 0 Å². The van der Waals surface area contributed by atoms with Crippen LogP contribution in [0.3, 0.4) is 0 Å². The number of aliphatic hydroxyl groups is 1. The summed E-state index contributed by atoms with van der Waals surface area (Å²) >= 11 is 0. The predicted octanol–water partition coefficient (Wildman–Crippen LogP) is -0.442. The van der Waals surface area contributed by atoms with Crippen LogP contribution in [0.25, 0.3) is 0 Å². The summed E-state index contributed by atoms with van der Waals surface area (Å²) < 4.78 is 0. The first kappa shape index (κ1) is 10.7.